The Morgan fingerprint density at radius 3 is 2.43 bits per heavy atom. The lowest BCUT2D eigenvalue weighted by Crippen LogP contribution is -2.21. The smallest absolute Gasteiger partial charge is 0.369 e. The molecule has 0 aromatic carbocycles. The fraction of sp³-hybridized carbons (Fsp3) is 0. The summed E-state index contributed by atoms with van der Waals surface area (Å²) >= 11 is 4.14. The molecule has 0 saturated carbocycles. The Kier molecular flexibility index (Phi) is 2.83. The quantitative estimate of drug-likeness (QED) is 0.208. The van der Waals surface area contributed by atoms with Crippen molar-refractivity contribution in [2.75, 3.05) is 0 Å². The second-order valence-corrected chi connectivity index (χ2v) is 0.899. The molecule has 0 heterocycles. The summed E-state index contributed by atoms with van der Waals surface area (Å²) in [5.41, 5.74) is 9.65. The van der Waals surface area contributed by atoms with E-state index in [-0.39, 0.29) is 7.39 Å². The molecular weight excluding hydrogens is 112 g/mol. The van der Waals surface area contributed by atoms with Crippen LogP contribution in [0.2, 0.25) is 0 Å². The minimum absolute atomic E-state index is 0. The van der Waals surface area contributed by atoms with Crippen LogP contribution in [0.25, 0.3) is 0 Å². The van der Waals surface area contributed by atoms with Crippen molar-refractivity contribution in [1.82, 2.24) is 0 Å². The first kappa shape index (κ1) is 6.07. The van der Waals surface area contributed by atoms with E-state index in [9.17, 15) is 0 Å². The zero-order valence-corrected chi connectivity index (χ0v) is 4.27. The molecule has 0 saturated heterocycles. The number of nitrogens with zero attached hydrogens (tertiary/aromatic N) is 2. The molecule has 0 aromatic rings. The fourth-order valence-corrected chi connectivity index (χ4v) is 0.119. The number of hydrogen-bond donors (Lipinski definition) is 2. The van der Waals surface area contributed by atoms with Gasteiger partial charge in [0.05, 0.1) is 5.16 Å². The third-order valence-electron chi connectivity index (χ3n) is 0.206. The first-order valence-electron chi connectivity index (χ1n) is 1.43. The van der Waals surface area contributed by atoms with Crippen LogP contribution in [-0.4, -0.2) is 11.1 Å². The van der Waals surface area contributed by atoms with Crippen molar-refractivity contribution >= 4 is 23.3 Å². The van der Waals surface area contributed by atoms with Crippen LogP contribution in [0.15, 0.2) is 10.2 Å². The Bertz CT molecular complexity index is 122. The first-order valence-corrected chi connectivity index (χ1v) is 1.84. The van der Waals surface area contributed by atoms with Gasteiger partial charge in [-0.15, -0.1) is 5.10 Å². The highest BCUT2D eigenvalue weighted by molar-refractivity contribution is 7.78. The molecule has 0 aliphatic carbocycles. The molecule has 0 bridgehead atoms. The van der Waals surface area contributed by atoms with Crippen molar-refractivity contribution in [2.24, 2.45) is 21.7 Å². The molecule has 7 heavy (non-hydrogen) atoms. The molecule has 0 spiro atoms. The van der Waals surface area contributed by atoms with E-state index >= 15 is 0 Å². The number of rotatable bonds is 1. The number of hydrogen-bond acceptors (Lipinski definition) is 3. The minimum Gasteiger partial charge on any atom is -0.369 e. The molecule has 4 nitrogen and oxygen atoms in total. The summed E-state index contributed by atoms with van der Waals surface area (Å²) in [7, 11) is 0. The zero-order chi connectivity index (χ0) is 5.70. The third-order valence-corrected chi connectivity index (χ3v) is 0.288. The summed E-state index contributed by atoms with van der Waals surface area (Å²) in [6.07, 6.45) is 0. The predicted molar refractivity (Wildman–Crippen MR) is 31.9 cm³/mol. The maximum atomic E-state index is 4.83. The number of isothiocyanates is 1. The molecule has 0 aliphatic rings. The fourth-order valence-electron chi connectivity index (χ4n) is 0.0781. The summed E-state index contributed by atoms with van der Waals surface area (Å²) < 4.78 is 0. The summed E-state index contributed by atoms with van der Waals surface area (Å²) in [4.78, 5) is 0. The topological polar surface area (TPSA) is 76.8 Å². The number of guanidine groups is 1. The molecule has 38 valence electrons. The van der Waals surface area contributed by atoms with E-state index < -0.39 is 0 Å². The van der Waals surface area contributed by atoms with Gasteiger partial charge >= 0.3 is 1.43 Å². The highest BCUT2D eigenvalue weighted by Crippen LogP contribution is 1.60. The van der Waals surface area contributed by atoms with Gasteiger partial charge in [0.2, 0.25) is 5.96 Å². The van der Waals surface area contributed by atoms with Gasteiger partial charge < -0.3 is 11.5 Å². The molecule has 0 radical (unpaired) electrons. The summed E-state index contributed by atoms with van der Waals surface area (Å²) in [5, 5.41) is 8.16. The number of thiocarbonyl (C=S) groups is 1. The molecular formula is C2H5N4S+. The van der Waals surface area contributed by atoms with Gasteiger partial charge in [0.25, 0.3) is 0 Å². The van der Waals surface area contributed by atoms with E-state index in [2.05, 4.69) is 22.4 Å². The normalized spacial score (nSPS) is 6.29. The summed E-state index contributed by atoms with van der Waals surface area (Å²) in [5.74, 6) is -0.114. The van der Waals surface area contributed by atoms with Gasteiger partial charge in [0, 0.05) is 0 Å². The van der Waals surface area contributed by atoms with Crippen molar-refractivity contribution in [3.63, 3.8) is 0 Å². The van der Waals surface area contributed by atoms with Crippen LogP contribution < -0.4 is 11.5 Å². The van der Waals surface area contributed by atoms with E-state index in [1.165, 1.54) is 0 Å². The SMILES string of the molecule is NC(N)=NN=C=S.[H+]. The maximum absolute atomic E-state index is 4.83. The van der Waals surface area contributed by atoms with Crippen LogP contribution in [0.1, 0.15) is 1.43 Å². The second kappa shape index (κ2) is 3.27. The van der Waals surface area contributed by atoms with Gasteiger partial charge in [-0.2, -0.15) is 0 Å². The van der Waals surface area contributed by atoms with Gasteiger partial charge in [-0.05, 0) is 12.2 Å². The van der Waals surface area contributed by atoms with Crippen molar-refractivity contribution in [3.8, 4) is 0 Å². The van der Waals surface area contributed by atoms with Crippen LogP contribution in [0.4, 0.5) is 0 Å². The van der Waals surface area contributed by atoms with Gasteiger partial charge in [-0.25, -0.2) is 0 Å². The molecule has 4 N–H and O–H groups in total. The third kappa shape index (κ3) is 5.07. The Morgan fingerprint density at radius 1 is 1.71 bits per heavy atom. The molecule has 0 unspecified atom stereocenters. The lowest BCUT2D eigenvalue weighted by Gasteiger charge is -1.76. The molecule has 0 fully saturated rings. The van der Waals surface area contributed by atoms with Crippen molar-refractivity contribution in [1.29, 1.82) is 0 Å². The van der Waals surface area contributed by atoms with Crippen LogP contribution in [0.3, 0.4) is 0 Å². The molecule has 5 heteroatoms. The lowest BCUT2D eigenvalue weighted by atomic mass is 11.1. The summed E-state index contributed by atoms with van der Waals surface area (Å²) in [6.45, 7) is 0. The van der Waals surface area contributed by atoms with Crippen molar-refractivity contribution in [2.45, 2.75) is 0 Å². The van der Waals surface area contributed by atoms with Crippen LogP contribution >= 0.6 is 12.2 Å². The average molecular weight is 117 g/mol. The molecule has 0 aliphatic heterocycles. The first-order chi connectivity index (χ1) is 3.27. The standard InChI is InChI=1S/C2H4N4S/c3-2(4)6-5-1-7/h(H4,3,4,6)/p+1. The van der Waals surface area contributed by atoms with E-state index in [1.54, 1.807) is 0 Å². The zero-order valence-electron chi connectivity index (χ0n) is 4.46. The van der Waals surface area contributed by atoms with Gasteiger partial charge in [-0.1, -0.05) is 5.10 Å². The van der Waals surface area contributed by atoms with E-state index in [0.29, 0.717) is 0 Å². The Balaban J connectivity index is 0. The van der Waals surface area contributed by atoms with Gasteiger partial charge in [-0.3, -0.25) is 0 Å². The predicted octanol–water partition coefficient (Wildman–Crippen LogP) is -0.610. The maximum Gasteiger partial charge on any atom is 1.00 e. The van der Waals surface area contributed by atoms with Crippen LogP contribution in [0, 0.1) is 0 Å². The van der Waals surface area contributed by atoms with Crippen LogP contribution in [0.5, 0.6) is 0 Å². The largest absolute Gasteiger partial charge is 1.00 e. The van der Waals surface area contributed by atoms with E-state index in [0.717, 1.165) is 0 Å². The minimum atomic E-state index is -0.114. The monoisotopic (exact) mass is 117 g/mol. The Labute approximate surface area is 47.4 Å². The molecule has 0 atom stereocenters. The van der Waals surface area contributed by atoms with Gasteiger partial charge in [0.15, 0.2) is 0 Å². The molecule has 0 aromatic heterocycles. The highest BCUT2D eigenvalue weighted by Gasteiger charge is 1.67. The van der Waals surface area contributed by atoms with Gasteiger partial charge in [0.1, 0.15) is 0 Å². The lowest BCUT2D eigenvalue weighted by molar-refractivity contribution is 1.22. The van der Waals surface area contributed by atoms with E-state index in [4.69, 9.17) is 11.5 Å². The second-order valence-electron chi connectivity index (χ2n) is 0.716. The average Bonchev–Trinajstić information content (AvgIpc) is 1.61. The number of nitrogens with two attached hydrogens (primary N) is 2. The Hall–Kier alpha value is -0.930. The van der Waals surface area contributed by atoms with Crippen molar-refractivity contribution < 1.29 is 1.43 Å². The Morgan fingerprint density at radius 2 is 2.29 bits per heavy atom. The molecule has 0 rings (SSSR count). The highest BCUT2D eigenvalue weighted by atomic mass is 32.1. The summed E-state index contributed by atoms with van der Waals surface area (Å²) in [6, 6.07) is 0. The molecule has 0 amide bonds. The van der Waals surface area contributed by atoms with Crippen molar-refractivity contribution in [3.05, 3.63) is 0 Å². The van der Waals surface area contributed by atoms with Crippen LogP contribution in [-0.2, 0) is 0 Å². The van der Waals surface area contributed by atoms with E-state index in [1.807, 2.05) is 5.16 Å².